The van der Waals surface area contributed by atoms with E-state index in [0.29, 0.717) is 11.6 Å². The summed E-state index contributed by atoms with van der Waals surface area (Å²) in [5.41, 5.74) is 4.72. The molecule has 37 heavy (non-hydrogen) atoms. The first-order chi connectivity index (χ1) is 18.1. The fourth-order valence-corrected chi connectivity index (χ4v) is 5.20. The van der Waals surface area contributed by atoms with Crippen LogP contribution < -0.4 is 10.2 Å². The van der Waals surface area contributed by atoms with Gasteiger partial charge in [-0.2, -0.15) is 0 Å². The van der Waals surface area contributed by atoms with Crippen LogP contribution in [-0.2, 0) is 11.3 Å². The number of aromatic nitrogens is 1. The molecule has 1 unspecified atom stereocenters. The molecule has 186 valence electrons. The fraction of sp³-hybridized carbons (Fsp3) is 0.200. The van der Waals surface area contributed by atoms with Crippen molar-refractivity contribution in [2.24, 2.45) is 0 Å². The van der Waals surface area contributed by atoms with Gasteiger partial charge in [-0.15, -0.1) is 0 Å². The predicted molar refractivity (Wildman–Crippen MR) is 145 cm³/mol. The van der Waals surface area contributed by atoms with Crippen LogP contribution in [0.3, 0.4) is 0 Å². The number of nitrogens with zero attached hydrogens (tertiary/aromatic N) is 3. The molecule has 3 aromatic carbocycles. The number of hydrogen-bond acceptors (Lipinski definition) is 2. The molecule has 1 aliphatic heterocycles. The normalized spacial score (nSPS) is 16.0. The van der Waals surface area contributed by atoms with Crippen molar-refractivity contribution >= 4 is 29.2 Å². The van der Waals surface area contributed by atoms with Gasteiger partial charge in [-0.05, 0) is 60.4 Å². The largest absolute Gasteiger partial charge is 0.334 e. The summed E-state index contributed by atoms with van der Waals surface area (Å²) in [6.07, 6.45) is 3.84. The van der Waals surface area contributed by atoms with Crippen LogP contribution in [0.15, 0.2) is 97.2 Å². The van der Waals surface area contributed by atoms with Crippen LogP contribution in [0.4, 0.5) is 10.5 Å². The second kappa shape index (κ2) is 9.79. The van der Waals surface area contributed by atoms with Crippen LogP contribution in [0.1, 0.15) is 35.7 Å². The van der Waals surface area contributed by atoms with Gasteiger partial charge in [-0.25, -0.2) is 4.79 Å². The molecule has 7 heteroatoms. The van der Waals surface area contributed by atoms with Crippen molar-refractivity contribution in [1.82, 2.24) is 14.8 Å². The molecule has 0 bridgehead atoms. The Labute approximate surface area is 221 Å². The van der Waals surface area contributed by atoms with Crippen molar-refractivity contribution < 1.29 is 9.59 Å². The second-order valence-corrected chi connectivity index (χ2v) is 9.95. The molecule has 6 nitrogen and oxygen atoms in total. The highest BCUT2D eigenvalue weighted by molar-refractivity contribution is 6.30. The highest BCUT2D eigenvalue weighted by Gasteiger charge is 2.40. The average Bonchev–Trinajstić information content (AvgIpc) is 3.65. The SMILES string of the molecule is O=C(NCc1ccccc1)N(CC(=O)N1c2ccccc2-n2cccc2C1c1ccc(Cl)cc1)C1CC1. The number of fused-ring (bicyclic) bond motifs is 3. The molecule has 0 saturated heterocycles. The van der Waals surface area contributed by atoms with E-state index in [1.54, 1.807) is 4.90 Å². The number of amides is 3. The molecule has 3 amide bonds. The first kappa shape index (κ1) is 23.4. The Morgan fingerprint density at radius 2 is 1.57 bits per heavy atom. The molecule has 2 aliphatic rings. The molecule has 1 atom stereocenters. The maximum Gasteiger partial charge on any atom is 0.318 e. The minimum absolute atomic E-state index is 0.00439. The van der Waals surface area contributed by atoms with Gasteiger partial charge in [0.2, 0.25) is 5.91 Å². The van der Waals surface area contributed by atoms with Gasteiger partial charge in [0.25, 0.3) is 0 Å². The van der Waals surface area contributed by atoms with Gasteiger partial charge in [0.15, 0.2) is 0 Å². The predicted octanol–water partition coefficient (Wildman–Crippen LogP) is 5.94. The van der Waals surface area contributed by atoms with E-state index in [4.69, 9.17) is 11.6 Å². The Balaban J connectivity index is 1.32. The van der Waals surface area contributed by atoms with Gasteiger partial charge in [-0.3, -0.25) is 9.69 Å². The first-order valence-corrected chi connectivity index (χ1v) is 12.9. The summed E-state index contributed by atoms with van der Waals surface area (Å²) in [7, 11) is 0. The monoisotopic (exact) mass is 510 g/mol. The highest BCUT2D eigenvalue weighted by atomic mass is 35.5. The lowest BCUT2D eigenvalue weighted by atomic mass is 9.97. The number of benzene rings is 3. The van der Waals surface area contributed by atoms with Crippen molar-refractivity contribution in [2.45, 2.75) is 31.5 Å². The molecule has 6 rings (SSSR count). The molecule has 1 aromatic heterocycles. The molecule has 1 N–H and O–H groups in total. The average molecular weight is 511 g/mol. The van der Waals surface area contributed by atoms with Gasteiger partial charge in [0.1, 0.15) is 12.6 Å². The van der Waals surface area contributed by atoms with Crippen LogP contribution >= 0.6 is 11.6 Å². The summed E-state index contributed by atoms with van der Waals surface area (Å²) < 4.78 is 2.13. The zero-order valence-corrected chi connectivity index (χ0v) is 21.0. The minimum atomic E-state index is -0.344. The number of hydrogen-bond donors (Lipinski definition) is 1. The van der Waals surface area contributed by atoms with Crippen LogP contribution in [-0.4, -0.2) is 34.0 Å². The zero-order chi connectivity index (χ0) is 25.4. The standard InChI is InChI=1S/C30H27ClN4O2/c31-23-14-12-22(13-15-23)29-27-11-6-18-33(27)25-9-4-5-10-26(25)35(29)28(36)20-34(24-16-17-24)30(37)32-19-21-7-2-1-3-8-21/h1-15,18,24,29H,16-17,19-20H2,(H,32,37). The summed E-state index contributed by atoms with van der Waals surface area (Å²) in [6.45, 7) is 0.426. The topological polar surface area (TPSA) is 57.6 Å². The summed E-state index contributed by atoms with van der Waals surface area (Å²) in [6, 6.07) is 28.9. The van der Waals surface area contributed by atoms with E-state index < -0.39 is 0 Å². The number of para-hydroxylation sites is 2. The zero-order valence-electron chi connectivity index (χ0n) is 20.3. The molecule has 2 heterocycles. The lowest BCUT2D eigenvalue weighted by Crippen LogP contribution is -2.49. The Morgan fingerprint density at radius 3 is 2.30 bits per heavy atom. The molecule has 4 aromatic rings. The minimum Gasteiger partial charge on any atom is -0.334 e. The molecule has 0 radical (unpaired) electrons. The molecule has 1 aliphatic carbocycles. The van der Waals surface area contributed by atoms with Crippen LogP contribution in [0.2, 0.25) is 5.02 Å². The summed E-state index contributed by atoms with van der Waals surface area (Å²) >= 11 is 6.19. The van der Waals surface area contributed by atoms with Gasteiger partial charge in [-0.1, -0.05) is 66.2 Å². The Morgan fingerprint density at radius 1 is 0.865 bits per heavy atom. The smallest absolute Gasteiger partial charge is 0.318 e. The first-order valence-electron chi connectivity index (χ1n) is 12.5. The summed E-state index contributed by atoms with van der Waals surface area (Å²) in [5.74, 6) is -0.124. The molecule has 1 fully saturated rings. The molecule has 1 saturated carbocycles. The van der Waals surface area contributed by atoms with E-state index in [1.165, 1.54) is 0 Å². The Kier molecular flexibility index (Phi) is 6.18. The third-order valence-electron chi connectivity index (χ3n) is 7.01. The van der Waals surface area contributed by atoms with Crippen LogP contribution in [0.25, 0.3) is 5.69 Å². The summed E-state index contributed by atoms with van der Waals surface area (Å²) in [5, 5.41) is 3.65. The van der Waals surface area contributed by atoms with Crippen molar-refractivity contribution in [1.29, 1.82) is 0 Å². The highest BCUT2D eigenvalue weighted by Crippen LogP contribution is 2.42. The number of urea groups is 1. The van der Waals surface area contributed by atoms with E-state index in [0.717, 1.165) is 41.0 Å². The molecule has 0 spiro atoms. The number of anilines is 1. The summed E-state index contributed by atoms with van der Waals surface area (Å²) in [4.78, 5) is 30.9. The van der Waals surface area contributed by atoms with Crippen LogP contribution in [0.5, 0.6) is 0 Å². The number of carbonyl (C=O) groups is 2. The van der Waals surface area contributed by atoms with E-state index in [2.05, 4.69) is 9.88 Å². The Bertz CT molecular complexity index is 1430. The van der Waals surface area contributed by atoms with E-state index in [-0.39, 0.29) is 30.6 Å². The third kappa shape index (κ3) is 4.60. The van der Waals surface area contributed by atoms with Gasteiger partial charge in [0, 0.05) is 23.8 Å². The van der Waals surface area contributed by atoms with E-state index in [1.807, 2.05) is 102 Å². The number of halogens is 1. The maximum atomic E-state index is 14.1. The number of nitrogens with one attached hydrogen (secondary N) is 1. The van der Waals surface area contributed by atoms with Crippen molar-refractivity contribution in [2.75, 3.05) is 11.4 Å². The molecular formula is C30H27ClN4O2. The van der Waals surface area contributed by atoms with Crippen molar-refractivity contribution in [3.05, 3.63) is 119 Å². The van der Waals surface area contributed by atoms with Crippen molar-refractivity contribution in [3.8, 4) is 5.69 Å². The third-order valence-corrected chi connectivity index (χ3v) is 7.27. The quantitative estimate of drug-likeness (QED) is 0.349. The number of carbonyl (C=O) groups excluding carboxylic acids is 2. The lowest BCUT2D eigenvalue weighted by Gasteiger charge is -2.39. The van der Waals surface area contributed by atoms with Crippen molar-refractivity contribution in [3.63, 3.8) is 0 Å². The van der Waals surface area contributed by atoms with E-state index in [9.17, 15) is 9.59 Å². The fourth-order valence-electron chi connectivity index (χ4n) is 5.07. The number of rotatable bonds is 6. The molecular weight excluding hydrogens is 484 g/mol. The van der Waals surface area contributed by atoms with Gasteiger partial charge < -0.3 is 14.8 Å². The Hall–Kier alpha value is -4.03. The van der Waals surface area contributed by atoms with Crippen LogP contribution in [0, 0.1) is 0 Å². The van der Waals surface area contributed by atoms with E-state index >= 15 is 0 Å². The second-order valence-electron chi connectivity index (χ2n) is 9.51. The van der Waals surface area contributed by atoms with Gasteiger partial charge in [0.05, 0.1) is 17.1 Å². The maximum absolute atomic E-state index is 14.1. The lowest BCUT2D eigenvalue weighted by molar-refractivity contribution is -0.119. The van der Waals surface area contributed by atoms with Gasteiger partial charge >= 0.3 is 6.03 Å².